The number of pyridine rings is 1. The van der Waals surface area contributed by atoms with Crippen molar-refractivity contribution in [1.29, 1.82) is 0 Å². The Kier molecular flexibility index (Phi) is 7.51. The summed E-state index contributed by atoms with van der Waals surface area (Å²) in [5, 5.41) is 9.10. The number of para-hydroxylation sites is 2. The van der Waals surface area contributed by atoms with E-state index in [4.69, 9.17) is 14.2 Å². The summed E-state index contributed by atoms with van der Waals surface area (Å²) in [6.07, 6.45) is 4.40. The first-order chi connectivity index (χ1) is 17.4. The van der Waals surface area contributed by atoms with Gasteiger partial charge in [-0.1, -0.05) is 18.2 Å². The lowest BCUT2D eigenvalue weighted by Gasteiger charge is -2.17. The maximum Gasteiger partial charge on any atom is 0.280 e. The van der Waals surface area contributed by atoms with Crippen LogP contribution in [0.15, 0.2) is 66.1 Å². The van der Waals surface area contributed by atoms with E-state index in [-0.39, 0.29) is 53.1 Å². The van der Waals surface area contributed by atoms with Crippen LogP contribution < -0.4 is 18.9 Å². The number of hydrogen-bond acceptors (Lipinski definition) is 11. The molecule has 4 aromatic rings. The zero-order chi connectivity index (χ0) is 25.5. The van der Waals surface area contributed by atoms with Crippen molar-refractivity contribution < 1.29 is 27.7 Å². The molecule has 13 heteroatoms. The molecule has 0 atom stereocenters. The highest BCUT2D eigenvalue weighted by atomic mass is 32.2. The molecule has 3 aromatic heterocycles. The zero-order valence-corrected chi connectivity index (χ0v) is 20.1. The van der Waals surface area contributed by atoms with Crippen molar-refractivity contribution in [2.75, 3.05) is 25.0 Å². The van der Waals surface area contributed by atoms with Crippen LogP contribution in [0.3, 0.4) is 0 Å². The molecule has 0 saturated heterocycles. The van der Waals surface area contributed by atoms with E-state index >= 15 is 0 Å². The third-order valence-corrected chi connectivity index (χ3v) is 5.86. The van der Waals surface area contributed by atoms with E-state index in [0.717, 1.165) is 5.56 Å². The van der Waals surface area contributed by atoms with Gasteiger partial charge in [0.2, 0.25) is 11.6 Å². The Morgan fingerprint density at radius 1 is 0.944 bits per heavy atom. The summed E-state index contributed by atoms with van der Waals surface area (Å²) in [6, 6.07) is 11.3. The van der Waals surface area contributed by atoms with Gasteiger partial charge in [0.05, 0.1) is 13.7 Å². The molecule has 1 aromatic carbocycles. The molecule has 12 nitrogen and oxygen atoms in total. The summed E-state index contributed by atoms with van der Waals surface area (Å²) < 4.78 is 45.7. The topological polar surface area (TPSA) is 159 Å². The van der Waals surface area contributed by atoms with E-state index in [2.05, 4.69) is 29.6 Å². The Labute approximate surface area is 207 Å². The van der Waals surface area contributed by atoms with Crippen molar-refractivity contribution >= 4 is 15.8 Å². The highest BCUT2D eigenvalue weighted by molar-refractivity contribution is 7.92. The molecule has 0 unspecified atom stereocenters. The van der Waals surface area contributed by atoms with Gasteiger partial charge in [-0.15, -0.1) is 0 Å². The van der Waals surface area contributed by atoms with Crippen LogP contribution in [0.2, 0.25) is 0 Å². The summed E-state index contributed by atoms with van der Waals surface area (Å²) in [6.45, 7) is 1.31. The zero-order valence-electron chi connectivity index (χ0n) is 19.3. The van der Waals surface area contributed by atoms with Crippen LogP contribution in [0.1, 0.15) is 5.56 Å². The molecule has 36 heavy (non-hydrogen) atoms. The van der Waals surface area contributed by atoms with Gasteiger partial charge in [0.15, 0.2) is 28.2 Å². The molecule has 4 rings (SSSR count). The standard InChI is InChI=1S/C23H22N6O6S/c1-15-8-9-18(26-14-15)36(31,32)29-20-19(35-17-7-4-3-6-16(17)33-2)23(34-13-12-30)28-22(27-20)21-24-10-5-11-25-21/h3-11,14,30H,12-13H2,1-2H3,(H,27,28,29). The van der Waals surface area contributed by atoms with Crippen molar-refractivity contribution in [3.63, 3.8) is 0 Å². The van der Waals surface area contributed by atoms with Gasteiger partial charge in [-0.3, -0.25) is 4.72 Å². The maximum absolute atomic E-state index is 13.2. The van der Waals surface area contributed by atoms with Gasteiger partial charge in [-0.05, 0) is 36.8 Å². The third kappa shape index (κ3) is 5.64. The Balaban J connectivity index is 1.88. The number of nitrogens with one attached hydrogen (secondary N) is 1. The second kappa shape index (κ2) is 10.9. The van der Waals surface area contributed by atoms with Gasteiger partial charge >= 0.3 is 0 Å². The number of aryl methyl sites for hydroxylation is 1. The Morgan fingerprint density at radius 2 is 1.69 bits per heavy atom. The number of benzene rings is 1. The monoisotopic (exact) mass is 510 g/mol. The predicted molar refractivity (Wildman–Crippen MR) is 128 cm³/mol. The average molecular weight is 511 g/mol. The molecule has 0 aliphatic carbocycles. The summed E-state index contributed by atoms with van der Waals surface area (Å²) >= 11 is 0. The first-order valence-corrected chi connectivity index (χ1v) is 12.1. The first kappa shape index (κ1) is 24.8. The van der Waals surface area contributed by atoms with Gasteiger partial charge in [-0.2, -0.15) is 13.4 Å². The fourth-order valence-electron chi connectivity index (χ4n) is 2.95. The maximum atomic E-state index is 13.2. The quantitative estimate of drug-likeness (QED) is 0.323. The smallest absolute Gasteiger partial charge is 0.280 e. The summed E-state index contributed by atoms with van der Waals surface area (Å²) in [5.41, 5.74) is 0.791. The fourth-order valence-corrected chi connectivity index (χ4v) is 3.89. The van der Waals surface area contributed by atoms with Gasteiger partial charge in [-0.25, -0.2) is 19.9 Å². The number of aliphatic hydroxyl groups is 1. The lowest BCUT2D eigenvalue weighted by molar-refractivity contribution is 0.192. The molecule has 0 aliphatic heterocycles. The molecule has 3 heterocycles. The van der Waals surface area contributed by atoms with E-state index in [1.54, 1.807) is 43.3 Å². The molecule has 0 bridgehead atoms. The minimum atomic E-state index is -4.21. The predicted octanol–water partition coefficient (Wildman–Crippen LogP) is 2.61. The van der Waals surface area contributed by atoms with Crippen LogP contribution in [0.25, 0.3) is 11.6 Å². The fraction of sp³-hybridized carbons (Fsp3) is 0.174. The lowest BCUT2D eigenvalue weighted by Crippen LogP contribution is -2.17. The second-order valence-electron chi connectivity index (χ2n) is 7.21. The molecular formula is C23H22N6O6S. The number of anilines is 1. The van der Waals surface area contributed by atoms with Crippen molar-refractivity contribution in [2.24, 2.45) is 0 Å². The number of nitrogens with zero attached hydrogens (tertiary/aromatic N) is 5. The molecule has 186 valence electrons. The summed E-state index contributed by atoms with van der Waals surface area (Å²) in [4.78, 5) is 20.9. The van der Waals surface area contributed by atoms with Crippen LogP contribution in [0.5, 0.6) is 23.1 Å². The first-order valence-electron chi connectivity index (χ1n) is 10.6. The Hall–Kier alpha value is -4.36. The number of rotatable bonds is 10. The van der Waals surface area contributed by atoms with E-state index in [9.17, 15) is 13.5 Å². The van der Waals surface area contributed by atoms with E-state index in [1.807, 2.05) is 0 Å². The van der Waals surface area contributed by atoms with Crippen molar-refractivity contribution in [1.82, 2.24) is 24.9 Å². The number of aromatic nitrogens is 5. The molecule has 0 aliphatic rings. The molecular weight excluding hydrogens is 488 g/mol. The highest BCUT2D eigenvalue weighted by Crippen LogP contribution is 2.41. The van der Waals surface area contributed by atoms with Gasteiger partial charge in [0.25, 0.3) is 15.9 Å². The van der Waals surface area contributed by atoms with E-state index in [0.29, 0.717) is 5.75 Å². The van der Waals surface area contributed by atoms with Crippen LogP contribution in [-0.4, -0.2) is 58.8 Å². The number of methoxy groups -OCH3 is 1. The van der Waals surface area contributed by atoms with Crippen LogP contribution in [0.4, 0.5) is 5.82 Å². The molecule has 0 spiro atoms. The summed E-state index contributed by atoms with van der Waals surface area (Å²) in [5.74, 6) is 0.124. The minimum Gasteiger partial charge on any atom is -0.493 e. The number of sulfonamides is 1. The highest BCUT2D eigenvalue weighted by Gasteiger charge is 2.26. The number of hydrogen-bond donors (Lipinski definition) is 2. The minimum absolute atomic E-state index is 0.0366. The molecule has 0 radical (unpaired) electrons. The average Bonchev–Trinajstić information content (AvgIpc) is 2.89. The van der Waals surface area contributed by atoms with Gasteiger partial charge < -0.3 is 19.3 Å². The number of aliphatic hydroxyl groups excluding tert-OH is 1. The molecule has 0 fully saturated rings. The largest absolute Gasteiger partial charge is 0.493 e. The third-order valence-electron chi connectivity index (χ3n) is 4.60. The normalized spacial score (nSPS) is 11.1. The van der Waals surface area contributed by atoms with E-state index in [1.165, 1.54) is 31.8 Å². The molecule has 2 N–H and O–H groups in total. The Bertz CT molecular complexity index is 1440. The SMILES string of the molecule is COc1ccccc1Oc1c(NS(=O)(=O)c2ccc(C)cn2)nc(-c2ncccn2)nc1OCCO. The van der Waals surface area contributed by atoms with E-state index < -0.39 is 10.0 Å². The number of ether oxygens (including phenoxy) is 3. The van der Waals surface area contributed by atoms with Crippen molar-refractivity contribution in [3.8, 4) is 34.8 Å². The van der Waals surface area contributed by atoms with Gasteiger partial charge in [0, 0.05) is 18.6 Å². The Morgan fingerprint density at radius 3 is 2.36 bits per heavy atom. The molecule has 0 amide bonds. The van der Waals surface area contributed by atoms with Crippen molar-refractivity contribution in [3.05, 3.63) is 66.6 Å². The van der Waals surface area contributed by atoms with Crippen LogP contribution in [0, 0.1) is 6.92 Å². The summed E-state index contributed by atoms with van der Waals surface area (Å²) in [7, 11) is -2.74. The van der Waals surface area contributed by atoms with Crippen molar-refractivity contribution in [2.45, 2.75) is 11.9 Å². The van der Waals surface area contributed by atoms with Crippen LogP contribution in [-0.2, 0) is 10.0 Å². The second-order valence-corrected chi connectivity index (χ2v) is 8.84. The van der Waals surface area contributed by atoms with Crippen LogP contribution >= 0.6 is 0 Å². The van der Waals surface area contributed by atoms with Gasteiger partial charge in [0.1, 0.15) is 6.61 Å². The molecule has 0 saturated carbocycles. The lowest BCUT2D eigenvalue weighted by atomic mass is 10.3.